The van der Waals surface area contributed by atoms with Crippen molar-refractivity contribution >= 4 is 6.01 Å². The quantitative estimate of drug-likeness (QED) is 0.800. The Kier molecular flexibility index (Phi) is 2.74. The second-order valence-corrected chi connectivity index (χ2v) is 2.34. The highest BCUT2D eigenvalue weighted by Crippen LogP contribution is 2.28. The Bertz CT molecular complexity index is 270. The molecule has 74 valence electrons. The zero-order valence-corrected chi connectivity index (χ0v) is 6.85. The summed E-state index contributed by atoms with van der Waals surface area (Å²) in [6, 6.07) is -0.200. The Balaban J connectivity index is 2.64. The van der Waals surface area contributed by atoms with E-state index in [4.69, 9.17) is 0 Å². The molecule has 0 spiro atoms. The van der Waals surface area contributed by atoms with Gasteiger partial charge in [0.2, 0.25) is 0 Å². The monoisotopic (exact) mass is 195 g/mol. The van der Waals surface area contributed by atoms with Crippen LogP contribution in [0.15, 0.2) is 4.42 Å². The molecule has 0 aliphatic heterocycles. The van der Waals surface area contributed by atoms with E-state index in [1.54, 1.807) is 0 Å². The van der Waals surface area contributed by atoms with Gasteiger partial charge in [-0.3, -0.25) is 0 Å². The summed E-state index contributed by atoms with van der Waals surface area (Å²) < 4.78 is 40.0. The molecule has 0 unspecified atom stereocenters. The minimum atomic E-state index is -4.57. The fourth-order valence-electron chi connectivity index (χ4n) is 0.641. The van der Waals surface area contributed by atoms with Crippen molar-refractivity contribution in [2.24, 2.45) is 0 Å². The van der Waals surface area contributed by atoms with Crippen LogP contribution in [-0.4, -0.2) is 16.7 Å². The van der Waals surface area contributed by atoms with Gasteiger partial charge < -0.3 is 9.73 Å². The summed E-state index contributed by atoms with van der Waals surface area (Å²) in [5.74, 6) is -1.33. The second-order valence-electron chi connectivity index (χ2n) is 2.34. The summed E-state index contributed by atoms with van der Waals surface area (Å²) in [5.41, 5.74) is 0. The van der Waals surface area contributed by atoms with Crippen molar-refractivity contribution in [2.45, 2.75) is 19.5 Å². The Morgan fingerprint density at radius 1 is 1.38 bits per heavy atom. The van der Waals surface area contributed by atoms with E-state index in [1.165, 1.54) is 0 Å². The Morgan fingerprint density at radius 3 is 2.54 bits per heavy atom. The zero-order valence-electron chi connectivity index (χ0n) is 6.85. The molecular weight excluding hydrogens is 187 g/mol. The molecule has 0 aliphatic carbocycles. The molecule has 0 bridgehead atoms. The van der Waals surface area contributed by atoms with Crippen LogP contribution in [0.1, 0.15) is 19.2 Å². The van der Waals surface area contributed by atoms with Crippen molar-refractivity contribution in [3.63, 3.8) is 0 Å². The van der Waals surface area contributed by atoms with Gasteiger partial charge in [-0.05, 0) is 6.42 Å². The lowest BCUT2D eigenvalue weighted by atomic mass is 10.5. The van der Waals surface area contributed by atoms with Crippen LogP contribution in [0.4, 0.5) is 19.2 Å². The van der Waals surface area contributed by atoms with Gasteiger partial charge in [0, 0.05) is 6.54 Å². The van der Waals surface area contributed by atoms with Crippen LogP contribution in [0.5, 0.6) is 0 Å². The topological polar surface area (TPSA) is 51.0 Å². The summed E-state index contributed by atoms with van der Waals surface area (Å²) in [6.07, 6.45) is -3.80. The molecule has 4 nitrogen and oxygen atoms in total. The number of nitrogens with one attached hydrogen (secondary N) is 1. The van der Waals surface area contributed by atoms with Crippen molar-refractivity contribution in [2.75, 3.05) is 11.9 Å². The summed E-state index contributed by atoms with van der Waals surface area (Å²) >= 11 is 0. The molecule has 0 saturated heterocycles. The molecule has 0 atom stereocenters. The predicted molar refractivity (Wildman–Crippen MR) is 38.1 cm³/mol. The van der Waals surface area contributed by atoms with E-state index in [-0.39, 0.29) is 6.01 Å². The highest BCUT2D eigenvalue weighted by atomic mass is 19.4. The maximum absolute atomic E-state index is 11.9. The number of aromatic nitrogens is 2. The van der Waals surface area contributed by atoms with Gasteiger partial charge in [-0.1, -0.05) is 12.0 Å². The highest BCUT2D eigenvalue weighted by Gasteiger charge is 2.38. The van der Waals surface area contributed by atoms with Crippen LogP contribution in [0.25, 0.3) is 0 Å². The first kappa shape index (κ1) is 9.82. The molecule has 7 heteroatoms. The lowest BCUT2D eigenvalue weighted by Crippen LogP contribution is -2.04. The number of halogens is 3. The molecular formula is C6H8F3N3O. The average Bonchev–Trinajstić information content (AvgIpc) is 2.47. The molecule has 1 N–H and O–H groups in total. The third kappa shape index (κ3) is 2.60. The largest absolute Gasteiger partial charge is 0.470 e. The third-order valence-corrected chi connectivity index (χ3v) is 1.19. The van der Waals surface area contributed by atoms with Gasteiger partial charge in [-0.2, -0.15) is 13.2 Å². The minimum absolute atomic E-state index is 0.200. The highest BCUT2D eigenvalue weighted by molar-refractivity contribution is 5.16. The van der Waals surface area contributed by atoms with Crippen molar-refractivity contribution in [3.05, 3.63) is 5.89 Å². The molecule has 1 rings (SSSR count). The van der Waals surface area contributed by atoms with Crippen molar-refractivity contribution in [1.29, 1.82) is 0 Å². The van der Waals surface area contributed by atoms with E-state index in [1.807, 2.05) is 6.92 Å². The van der Waals surface area contributed by atoms with Gasteiger partial charge in [-0.25, -0.2) is 0 Å². The standard InChI is InChI=1S/C6H8F3N3O/c1-2-3-10-5-12-11-4(13-5)6(7,8)9/h2-3H2,1H3,(H,10,12). The molecule has 0 amide bonds. The van der Waals surface area contributed by atoms with Gasteiger partial charge >= 0.3 is 18.1 Å². The minimum Gasteiger partial charge on any atom is -0.399 e. The van der Waals surface area contributed by atoms with Gasteiger partial charge in [0.05, 0.1) is 0 Å². The first-order valence-corrected chi connectivity index (χ1v) is 3.68. The maximum Gasteiger partial charge on any atom is 0.470 e. The van der Waals surface area contributed by atoms with Crippen LogP contribution in [0.2, 0.25) is 0 Å². The van der Waals surface area contributed by atoms with Crippen molar-refractivity contribution in [3.8, 4) is 0 Å². The molecule has 13 heavy (non-hydrogen) atoms. The molecule has 0 fully saturated rings. The van der Waals surface area contributed by atoms with Crippen LogP contribution < -0.4 is 5.32 Å². The molecule has 0 saturated carbocycles. The zero-order chi connectivity index (χ0) is 9.90. The molecule has 0 aromatic carbocycles. The van der Waals surface area contributed by atoms with Crippen LogP contribution >= 0.6 is 0 Å². The summed E-state index contributed by atoms with van der Waals surface area (Å²) in [6.45, 7) is 2.37. The smallest absolute Gasteiger partial charge is 0.399 e. The Morgan fingerprint density at radius 2 is 2.08 bits per heavy atom. The van der Waals surface area contributed by atoms with E-state index in [0.29, 0.717) is 6.54 Å². The Hall–Kier alpha value is -1.27. The lowest BCUT2D eigenvalue weighted by Gasteiger charge is -1.98. The second kappa shape index (κ2) is 3.63. The van der Waals surface area contributed by atoms with Gasteiger partial charge in [0.1, 0.15) is 0 Å². The van der Waals surface area contributed by atoms with E-state index >= 15 is 0 Å². The summed E-state index contributed by atoms with van der Waals surface area (Å²) in [4.78, 5) is 0. The number of nitrogens with zero attached hydrogens (tertiary/aromatic N) is 2. The van der Waals surface area contributed by atoms with Crippen LogP contribution in [0, 0.1) is 0 Å². The first-order valence-electron chi connectivity index (χ1n) is 3.68. The third-order valence-electron chi connectivity index (χ3n) is 1.19. The normalized spacial score (nSPS) is 11.7. The van der Waals surface area contributed by atoms with Crippen molar-refractivity contribution in [1.82, 2.24) is 10.2 Å². The van der Waals surface area contributed by atoms with Crippen molar-refractivity contribution < 1.29 is 17.6 Å². The first-order chi connectivity index (χ1) is 6.04. The molecule has 0 radical (unpaired) electrons. The van der Waals surface area contributed by atoms with Crippen LogP contribution in [-0.2, 0) is 6.18 Å². The average molecular weight is 195 g/mol. The summed E-state index contributed by atoms with van der Waals surface area (Å²) in [5, 5.41) is 8.56. The lowest BCUT2D eigenvalue weighted by molar-refractivity contribution is -0.156. The van der Waals surface area contributed by atoms with Gasteiger partial charge in [0.15, 0.2) is 0 Å². The Labute approximate surface area is 72.1 Å². The van der Waals surface area contributed by atoms with E-state index in [2.05, 4.69) is 19.9 Å². The maximum atomic E-state index is 11.9. The summed E-state index contributed by atoms with van der Waals surface area (Å²) in [7, 11) is 0. The predicted octanol–water partition coefficient (Wildman–Crippen LogP) is 1.91. The van der Waals surface area contributed by atoms with E-state index < -0.39 is 12.1 Å². The molecule has 1 aromatic heterocycles. The van der Waals surface area contributed by atoms with Gasteiger partial charge in [0.25, 0.3) is 0 Å². The SMILES string of the molecule is CCCNc1nnc(C(F)(F)F)o1. The number of hydrogen-bond acceptors (Lipinski definition) is 4. The number of anilines is 1. The van der Waals surface area contributed by atoms with Crippen LogP contribution in [0.3, 0.4) is 0 Å². The fraction of sp³-hybridized carbons (Fsp3) is 0.667. The molecule has 1 heterocycles. The van der Waals surface area contributed by atoms with Gasteiger partial charge in [-0.15, -0.1) is 5.10 Å². The molecule has 1 aromatic rings. The fourth-order valence-corrected chi connectivity index (χ4v) is 0.641. The van der Waals surface area contributed by atoms with E-state index in [0.717, 1.165) is 6.42 Å². The van der Waals surface area contributed by atoms with E-state index in [9.17, 15) is 13.2 Å². The number of alkyl halides is 3. The number of rotatable bonds is 3. The molecule has 0 aliphatic rings. The number of hydrogen-bond donors (Lipinski definition) is 1.